The molecular weight excluding hydrogens is 290 g/mol. The molecule has 0 aromatic heterocycles. The van der Waals surface area contributed by atoms with Crippen LogP contribution in [0.15, 0.2) is 48.5 Å². The van der Waals surface area contributed by atoms with Crippen molar-refractivity contribution in [2.45, 2.75) is 6.54 Å². The molecule has 21 heavy (non-hydrogen) atoms. The normalized spacial score (nSPS) is 9.95. The topological polar surface area (TPSA) is 84.2 Å². The van der Waals surface area contributed by atoms with Gasteiger partial charge in [0.25, 0.3) is 0 Å². The van der Waals surface area contributed by atoms with E-state index in [9.17, 15) is 9.59 Å². The van der Waals surface area contributed by atoms with E-state index >= 15 is 0 Å². The smallest absolute Gasteiger partial charge is 0.319 e. The van der Waals surface area contributed by atoms with Crippen molar-refractivity contribution in [2.24, 2.45) is 5.73 Å². The molecule has 0 atom stereocenters. The quantitative estimate of drug-likeness (QED) is 0.811. The Morgan fingerprint density at radius 3 is 2.43 bits per heavy atom. The van der Waals surface area contributed by atoms with Crippen LogP contribution in [0.3, 0.4) is 0 Å². The van der Waals surface area contributed by atoms with Crippen molar-refractivity contribution in [1.29, 1.82) is 0 Å². The zero-order valence-electron chi connectivity index (χ0n) is 11.1. The highest BCUT2D eigenvalue weighted by Crippen LogP contribution is 2.11. The maximum atomic E-state index is 11.7. The van der Waals surface area contributed by atoms with Gasteiger partial charge >= 0.3 is 6.03 Å². The molecule has 0 fully saturated rings. The average molecular weight is 304 g/mol. The summed E-state index contributed by atoms with van der Waals surface area (Å²) in [6.07, 6.45) is 0. The summed E-state index contributed by atoms with van der Waals surface area (Å²) in [7, 11) is 0. The van der Waals surface area contributed by atoms with Crippen molar-refractivity contribution < 1.29 is 9.59 Å². The minimum absolute atomic E-state index is 0.346. The van der Waals surface area contributed by atoms with Crippen LogP contribution in [0.5, 0.6) is 0 Å². The Morgan fingerprint density at radius 1 is 1.10 bits per heavy atom. The second-order valence-electron chi connectivity index (χ2n) is 4.38. The molecule has 3 amide bonds. The van der Waals surface area contributed by atoms with Gasteiger partial charge in [-0.1, -0.05) is 23.7 Å². The number of carbonyl (C=O) groups excluding carboxylic acids is 2. The van der Waals surface area contributed by atoms with Gasteiger partial charge in [-0.2, -0.15) is 0 Å². The number of benzene rings is 2. The molecule has 0 bridgehead atoms. The number of rotatable bonds is 4. The summed E-state index contributed by atoms with van der Waals surface area (Å²) in [5, 5.41) is 5.99. The van der Waals surface area contributed by atoms with Crippen LogP contribution in [-0.4, -0.2) is 11.9 Å². The van der Waals surface area contributed by atoms with Gasteiger partial charge in [0.1, 0.15) is 0 Å². The maximum Gasteiger partial charge on any atom is 0.319 e. The molecule has 0 heterocycles. The molecule has 0 saturated carbocycles. The van der Waals surface area contributed by atoms with E-state index < -0.39 is 5.91 Å². The fourth-order valence-corrected chi connectivity index (χ4v) is 1.94. The minimum Gasteiger partial charge on any atom is -0.366 e. The zero-order valence-corrected chi connectivity index (χ0v) is 11.9. The van der Waals surface area contributed by atoms with Crippen LogP contribution in [0.1, 0.15) is 15.9 Å². The van der Waals surface area contributed by atoms with Gasteiger partial charge < -0.3 is 16.4 Å². The number of primary amides is 1. The van der Waals surface area contributed by atoms with Crippen molar-refractivity contribution in [3.8, 4) is 0 Å². The predicted molar refractivity (Wildman–Crippen MR) is 82.3 cm³/mol. The SMILES string of the molecule is NC(=O)c1ccc(NC(=O)NCc2cccc(Cl)c2)cc1. The Labute approximate surface area is 127 Å². The van der Waals surface area contributed by atoms with E-state index in [0.29, 0.717) is 22.8 Å². The minimum atomic E-state index is -0.507. The van der Waals surface area contributed by atoms with Gasteiger partial charge in [0, 0.05) is 22.8 Å². The largest absolute Gasteiger partial charge is 0.366 e. The number of nitrogens with two attached hydrogens (primary N) is 1. The van der Waals surface area contributed by atoms with E-state index in [0.717, 1.165) is 5.56 Å². The van der Waals surface area contributed by atoms with Gasteiger partial charge in [-0.25, -0.2) is 4.79 Å². The number of nitrogens with one attached hydrogen (secondary N) is 2. The van der Waals surface area contributed by atoms with Crippen LogP contribution < -0.4 is 16.4 Å². The number of urea groups is 1. The Bertz CT molecular complexity index is 656. The van der Waals surface area contributed by atoms with Gasteiger partial charge in [-0.05, 0) is 42.0 Å². The molecule has 2 aromatic rings. The van der Waals surface area contributed by atoms with Crippen LogP contribution >= 0.6 is 11.6 Å². The number of anilines is 1. The van der Waals surface area contributed by atoms with Gasteiger partial charge in [0.05, 0.1) is 0 Å². The third kappa shape index (κ3) is 4.50. The van der Waals surface area contributed by atoms with E-state index in [2.05, 4.69) is 10.6 Å². The summed E-state index contributed by atoms with van der Waals surface area (Å²) in [5.41, 5.74) is 7.01. The lowest BCUT2D eigenvalue weighted by atomic mass is 10.2. The van der Waals surface area contributed by atoms with Crippen molar-refractivity contribution in [1.82, 2.24) is 5.32 Å². The first-order valence-electron chi connectivity index (χ1n) is 6.24. The monoisotopic (exact) mass is 303 g/mol. The van der Waals surface area contributed by atoms with Gasteiger partial charge in [-0.15, -0.1) is 0 Å². The van der Waals surface area contributed by atoms with E-state index in [1.165, 1.54) is 0 Å². The number of halogens is 1. The Hall–Kier alpha value is -2.53. The summed E-state index contributed by atoms with van der Waals surface area (Å²) < 4.78 is 0. The van der Waals surface area contributed by atoms with Gasteiger partial charge in [0.2, 0.25) is 5.91 Å². The van der Waals surface area contributed by atoms with E-state index in [-0.39, 0.29) is 6.03 Å². The molecule has 6 heteroatoms. The second-order valence-corrected chi connectivity index (χ2v) is 4.82. The van der Waals surface area contributed by atoms with Crippen LogP contribution in [0, 0.1) is 0 Å². The molecule has 0 spiro atoms. The lowest BCUT2D eigenvalue weighted by molar-refractivity contribution is 0.100. The number of hydrogen-bond donors (Lipinski definition) is 3. The molecule has 2 aromatic carbocycles. The second kappa shape index (κ2) is 6.76. The molecule has 0 saturated heterocycles. The molecule has 0 aliphatic rings. The molecular formula is C15H14ClN3O2. The summed E-state index contributed by atoms with van der Waals surface area (Å²) in [6.45, 7) is 0.367. The molecule has 0 radical (unpaired) electrons. The van der Waals surface area contributed by atoms with E-state index in [4.69, 9.17) is 17.3 Å². The van der Waals surface area contributed by atoms with Crippen LogP contribution in [0.2, 0.25) is 5.02 Å². The Balaban J connectivity index is 1.88. The molecule has 0 aliphatic carbocycles. The summed E-state index contributed by atoms with van der Waals surface area (Å²) >= 11 is 5.86. The highest BCUT2D eigenvalue weighted by Gasteiger charge is 2.04. The Morgan fingerprint density at radius 2 is 1.81 bits per heavy atom. The lowest BCUT2D eigenvalue weighted by Crippen LogP contribution is -2.28. The summed E-state index contributed by atoms with van der Waals surface area (Å²) in [6, 6.07) is 13.2. The van der Waals surface area contributed by atoms with E-state index in [1.54, 1.807) is 36.4 Å². The summed E-state index contributed by atoms with van der Waals surface area (Å²) in [5.74, 6) is -0.507. The van der Waals surface area contributed by atoms with E-state index in [1.807, 2.05) is 12.1 Å². The third-order valence-electron chi connectivity index (χ3n) is 2.77. The first-order valence-corrected chi connectivity index (χ1v) is 6.61. The first kappa shape index (κ1) is 14.9. The van der Waals surface area contributed by atoms with Gasteiger partial charge in [0.15, 0.2) is 0 Å². The van der Waals surface area contributed by atoms with Crippen molar-refractivity contribution in [3.05, 3.63) is 64.7 Å². The third-order valence-corrected chi connectivity index (χ3v) is 3.00. The maximum absolute atomic E-state index is 11.7. The Kier molecular flexibility index (Phi) is 4.79. The average Bonchev–Trinajstić information content (AvgIpc) is 2.46. The molecule has 0 aliphatic heterocycles. The highest BCUT2D eigenvalue weighted by atomic mass is 35.5. The highest BCUT2D eigenvalue weighted by molar-refractivity contribution is 6.30. The molecule has 2 rings (SSSR count). The number of amides is 3. The van der Waals surface area contributed by atoms with Gasteiger partial charge in [-0.3, -0.25) is 4.79 Å². The van der Waals surface area contributed by atoms with Crippen LogP contribution in [0.4, 0.5) is 10.5 Å². The molecule has 108 valence electrons. The van der Waals surface area contributed by atoms with Crippen LogP contribution in [-0.2, 0) is 6.54 Å². The van der Waals surface area contributed by atoms with Crippen molar-refractivity contribution >= 4 is 29.2 Å². The first-order chi connectivity index (χ1) is 10.0. The van der Waals surface area contributed by atoms with Crippen molar-refractivity contribution in [2.75, 3.05) is 5.32 Å². The summed E-state index contributed by atoms with van der Waals surface area (Å²) in [4.78, 5) is 22.7. The standard InChI is InChI=1S/C15H14ClN3O2/c16-12-3-1-2-10(8-12)9-18-15(21)19-13-6-4-11(5-7-13)14(17)20/h1-8H,9H2,(H2,17,20)(H2,18,19,21). The van der Waals surface area contributed by atoms with Crippen molar-refractivity contribution in [3.63, 3.8) is 0 Å². The zero-order chi connectivity index (χ0) is 15.2. The number of carbonyl (C=O) groups is 2. The molecule has 0 unspecified atom stereocenters. The fourth-order valence-electron chi connectivity index (χ4n) is 1.72. The molecule has 5 nitrogen and oxygen atoms in total. The number of hydrogen-bond acceptors (Lipinski definition) is 2. The van der Waals surface area contributed by atoms with Crippen LogP contribution in [0.25, 0.3) is 0 Å². The lowest BCUT2D eigenvalue weighted by Gasteiger charge is -2.08. The molecule has 4 N–H and O–H groups in total. The predicted octanol–water partition coefficient (Wildman–Crippen LogP) is 2.76. The fraction of sp³-hybridized carbons (Fsp3) is 0.0667.